The van der Waals surface area contributed by atoms with E-state index in [0.717, 1.165) is 6.42 Å². The molecular formula is C28H36FN5O6. The molecule has 0 spiro atoms. The Hall–Kier alpha value is -4.09. The summed E-state index contributed by atoms with van der Waals surface area (Å²) in [5, 5.41) is 14.4. The molecule has 0 radical (unpaired) electrons. The number of hydrogen-bond donors (Lipinski definition) is 4. The smallest absolute Gasteiger partial charge is 0.274 e. The number of carbonyl (C=O) groups is 5. The van der Waals surface area contributed by atoms with Gasteiger partial charge < -0.3 is 30.6 Å². The fourth-order valence-electron chi connectivity index (χ4n) is 4.55. The maximum Gasteiger partial charge on any atom is 0.274 e. The van der Waals surface area contributed by atoms with Crippen LogP contribution in [-0.4, -0.2) is 59.7 Å². The van der Waals surface area contributed by atoms with Crippen LogP contribution in [0, 0.1) is 24.6 Å². The van der Waals surface area contributed by atoms with Gasteiger partial charge in [0.05, 0.1) is 6.04 Å². The van der Waals surface area contributed by atoms with Gasteiger partial charge in [-0.3, -0.25) is 19.2 Å². The minimum absolute atomic E-state index is 0.00176. The molecule has 1 saturated heterocycles. The Morgan fingerprint density at radius 1 is 1.12 bits per heavy atom. The van der Waals surface area contributed by atoms with Crippen LogP contribution in [0.4, 0.5) is 4.39 Å². The molecule has 3 rings (SSSR count). The highest BCUT2D eigenvalue weighted by molar-refractivity contribution is 5.97. The topological polar surface area (TPSA) is 160 Å². The second-order valence-corrected chi connectivity index (χ2v) is 10.5. The van der Waals surface area contributed by atoms with Crippen LogP contribution in [0.2, 0.25) is 0 Å². The van der Waals surface area contributed by atoms with E-state index in [0.29, 0.717) is 30.6 Å². The van der Waals surface area contributed by atoms with Crippen LogP contribution < -0.4 is 21.3 Å². The Labute approximate surface area is 232 Å². The van der Waals surface area contributed by atoms with Gasteiger partial charge in [0.25, 0.3) is 5.91 Å². The summed E-state index contributed by atoms with van der Waals surface area (Å²) < 4.78 is 18.4. The Balaban J connectivity index is 1.74. The van der Waals surface area contributed by atoms with Crippen molar-refractivity contribution in [2.24, 2.45) is 11.8 Å². The second kappa shape index (κ2) is 14.3. The quantitative estimate of drug-likeness (QED) is 0.272. The lowest BCUT2D eigenvalue weighted by molar-refractivity contribution is -0.132. The summed E-state index contributed by atoms with van der Waals surface area (Å²) >= 11 is 0. The van der Waals surface area contributed by atoms with E-state index in [1.165, 1.54) is 30.3 Å². The number of nitrogens with zero attached hydrogens (tertiary/aromatic N) is 1. The molecule has 0 saturated carbocycles. The predicted molar refractivity (Wildman–Crippen MR) is 142 cm³/mol. The van der Waals surface area contributed by atoms with Gasteiger partial charge in [0.2, 0.25) is 17.7 Å². The lowest BCUT2D eigenvalue weighted by atomic mass is 9.91. The molecule has 40 heavy (non-hydrogen) atoms. The van der Waals surface area contributed by atoms with E-state index < -0.39 is 47.6 Å². The molecule has 1 fully saturated rings. The Morgan fingerprint density at radius 2 is 1.82 bits per heavy atom. The maximum atomic E-state index is 13.5. The number of piperidine rings is 1. The minimum atomic E-state index is -1.13. The van der Waals surface area contributed by atoms with Crippen molar-refractivity contribution in [2.75, 3.05) is 6.54 Å². The lowest BCUT2D eigenvalue weighted by Crippen LogP contribution is -2.56. The number of carbonyl (C=O) groups excluding carboxylic acids is 5. The van der Waals surface area contributed by atoms with Crippen molar-refractivity contribution in [3.05, 3.63) is 53.2 Å². The van der Waals surface area contributed by atoms with Crippen molar-refractivity contribution in [1.82, 2.24) is 26.4 Å². The zero-order chi connectivity index (χ0) is 29.2. The molecule has 1 unspecified atom stereocenters. The molecule has 1 aliphatic heterocycles. The van der Waals surface area contributed by atoms with Crippen LogP contribution in [0.5, 0.6) is 0 Å². The molecule has 4 amide bonds. The molecule has 0 bridgehead atoms. The van der Waals surface area contributed by atoms with E-state index in [1.54, 1.807) is 6.92 Å². The van der Waals surface area contributed by atoms with E-state index in [1.807, 2.05) is 13.8 Å². The van der Waals surface area contributed by atoms with Crippen molar-refractivity contribution in [2.45, 2.75) is 71.0 Å². The van der Waals surface area contributed by atoms with Crippen molar-refractivity contribution in [1.29, 1.82) is 0 Å². The van der Waals surface area contributed by atoms with Crippen molar-refractivity contribution < 1.29 is 32.9 Å². The summed E-state index contributed by atoms with van der Waals surface area (Å²) in [6, 6.07) is 3.85. The third kappa shape index (κ3) is 8.99. The van der Waals surface area contributed by atoms with Crippen molar-refractivity contribution in [3.63, 3.8) is 0 Å². The largest absolute Gasteiger partial charge is 0.361 e. The number of aldehydes is 1. The number of benzene rings is 1. The van der Waals surface area contributed by atoms with Gasteiger partial charge in [-0.25, -0.2) is 4.39 Å². The van der Waals surface area contributed by atoms with Crippen LogP contribution >= 0.6 is 0 Å². The average Bonchev–Trinajstić information content (AvgIpc) is 3.36. The Morgan fingerprint density at radius 3 is 2.42 bits per heavy atom. The molecule has 216 valence electrons. The third-order valence-corrected chi connectivity index (χ3v) is 6.61. The zero-order valence-electron chi connectivity index (χ0n) is 22.9. The first-order valence-corrected chi connectivity index (χ1v) is 13.4. The summed E-state index contributed by atoms with van der Waals surface area (Å²) in [6.07, 6.45) is 2.42. The highest BCUT2D eigenvalue weighted by atomic mass is 19.1. The summed E-state index contributed by atoms with van der Waals surface area (Å²) in [6.45, 7) is 5.96. The molecule has 1 aromatic carbocycles. The van der Waals surface area contributed by atoms with Crippen LogP contribution in [-0.2, 0) is 25.6 Å². The maximum absolute atomic E-state index is 13.5. The summed E-state index contributed by atoms with van der Waals surface area (Å²) in [4.78, 5) is 63.4. The van der Waals surface area contributed by atoms with Crippen molar-refractivity contribution in [3.8, 4) is 0 Å². The Bertz CT molecular complexity index is 1200. The molecule has 11 nitrogen and oxygen atoms in total. The van der Waals surface area contributed by atoms with Crippen LogP contribution in [0.15, 0.2) is 34.9 Å². The van der Waals surface area contributed by atoms with E-state index in [9.17, 15) is 28.4 Å². The molecule has 12 heteroatoms. The fraction of sp³-hybridized carbons (Fsp3) is 0.500. The van der Waals surface area contributed by atoms with E-state index in [2.05, 4.69) is 26.4 Å². The minimum Gasteiger partial charge on any atom is -0.361 e. The molecule has 1 aromatic heterocycles. The molecular weight excluding hydrogens is 521 g/mol. The fourth-order valence-corrected chi connectivity index (χ4v) is 4.55. The highest BCUT2D eigenvalue weighted by Gasteiger charge is 2.31. The number of aromatic nitrogens is 1. The standard InChI is InChI=1S/C28H36FN5O6/c1-16(2)11-22(26(37)31-21(15-35)14-19-5-4-10-30-25(19)36)32-27(38)23(13-18-6-8-20(29)9-7-18)33-28(39)24-12-17(3)40-34-24/h6-9,12,15-16,19,21-23H,4-5,10-11,13-14H2,1-3H3,(H,30,36)(H,31,37)(H,32,38)(H,33,39)/t19-,21-,22-,23?/m0/s1. The van der Waals surface area contributed by atoms with Gasteiger partial charge in [-0.15, -0.1) is 0 Å². The summed E-state index contributed by atoms with van der Waals surface area (Å²) in [5.41, 5.74) is 0.557. The SMILES string of the molecule is Cc1cc(C(=O)NC(Cc2ccc(F)cc2)C(=O)N[C@@H](CC(C)C)C(=O)N[C@H](C=O)C[C@@H]2CCCNC2=O)no1. The molecule has 2 aromatic rings. The number of nitrogens with one attached hydrogen (secondary N) is 4. The second-order valence-electron chi connectivity index (χ2n) is 10.5. The van der Waals surface area contributed by atoms with E-state index >= 15 is 0 Å². The molecule has 4 N–H and O–H groups in total. The number of hydrogen-bond acceptors (Lipinski definition) is 7. The van der Waals surface area contributed by atoms with Crippen LogP contribution in [0.3, 0.4) is 0 Å². The first-order valence-electron chi connectivity index (χ1n) is 13.4. The van der Waals surface area contributed by atoms with Crippen LogP contribution in [0.25, 0.3) is 0 Å². The monoisotopic (exact) mass is 557 g/mol. The molecule has 0 aliphatic carbocycles. The van der Waals surface area contributed by atoms with Gasteiger partial charge in [0, 0.05) is 24.9 Å². The molecule has 4 atom stereocenters. The van der Waals surface area contributed by atoms with Gasteiger partial charge in [-0.2, -0.15) is 0 Å². The lowest BCUT2D eigenvalue weighted by Gasteiger charge is -2.27. The number of amides is 4. The first-order chi connectivity index (χ1) is 19.0. The van der Waals surface area contributed by atoms with Gasteiger partial charge in [-0.05, 0) is 56.2 Å². The number of rotatable bonds is 13. The number of halogens is 1. The van der Waals surface area contributed by atoms with Gasteiger partial charge in [-0.1, -0.05) is 31.1 Å². The van der Waals surface area contributed by atoms with E-state index in [-0.39, 0.29) is 36.8 Å². The van der Waals surface area contributed by atoms with Crippen molar-refractivity contribution >= 4 is 29.9 Å². The third-order valence-electron chi connectivity index (χ3n) is 6.61. The van der Waals surface area contributed by atoms with E-state index in [4.69, 9.17) is 4.52 Å². The predicted octanol–water partition coefficient (Wildman–Crippen LogP) is 1.59. The zero-order valence-corrected chi connectivity index (χ0v) is 22.9. The molecule has 1 aliphatic rings. The van der Waals surface area contributed by atoms with Gasteiger partial charge >= 0.3 is 0 Å². The highest BCUT2D eigenvalue weighted by Crippen LogP contribution is 2.17. The summed E-state index contributed by atoms with van der Waals surface area (Å²) in [7, 11) is 0. The van der Waals surface area contributed by atoms with Crippen LogP contribution in [0.1, 0.15) is 61.3 Å². The average molecular weight is 558 g/mol. The normalized spacial score (nSPS) is 17.3. The number of aryl methyl sites for hydroxylation is 1. The van der Waals surface area contributed by atoms with Gasteiger partial charge in [0.1, 0.15) is 29.9 Å². The molecule has 2 heterocycles. The van der Waals surface area contributed by atoms with Gasteiger partial charge in [0.15, 0.2) is 5.69 Å². The summed E-state index contributed by atoms with van der Waals surface area (Å²) in [5.74, 6) is -2.46. The first kappa shape index (κ1) is 30.5. The Kier molecular flexibility index (Phi) is 10.9.